The molecule has 2 heterocycles. The molecule has 28 heavy (non-hydrogen) atoms. The summed E-state index contributed by atoms with van der Waals surface area (Å²) >= 11 is 3.45. The number of aromatic nitrogens is 3. The number of hydrogen-bond donors (Lipinski definition) is 0. The van der Waals surface area contributed by atoms with Gasteiger partial charge in [0.15, 0.2) is 0 Å². The van der Waals surface area contributed by atoms with Gasteiger partial charge in [-0.1, -0.05) is 34.1 Å². The van der Waals surface area contributed by atoms with Gasteiger partial charge in [-0.3, -0.25) is 13.9 Å². The van der Waals surface area contributed by atoms with Crippen LogP contribution in [0.15, 0.2) is 68.8 Å². The van der Waals surface area contributed by atoms with E-state index in [0.29, 0.717) is 16.7 Å². The highest BCUT2D eigenvalue weighted by Crippen LogP contribution is 2.32. The molecule has 0 spiro atoms. The van der Waals surface area contributed by atoms with Crippen molar-refractivity contribution >= 4 is 26.8 Å². The molecule has 0 bridgehead atoms. The predicted molar refractivity (Wildman–Crippen MR) is 113 cm³/mol. The average Bonchev–Trinajstić information content (AvgIpc) is 3.12. The van der Waals surface area contributed by atoms with Crippen molar-refractivity contribution in [3.63, 3.8) is 0 Å². The van der Waals surface area contributed by atoms with Crippen LogP contribution in [0.4, 0.5) is 0 Å². The van der Waals surface area contributed by atoms with Gasteiger partial charge in [0.2, 0.25) is 0 Å². The van der Waals surface area contributed by atoms with Crippen molar-refractivity contribution in [2.75, 3.05) is 7.11 Å². The molecule has 142 valence electrons. The minimum absolute atomic E-state index is 0.322. The minimum atomic E-state index is -0.359. The van der Waals surface area contributed by atoms with Crippen LogP contribution in [0.25, 0.3) is 27.8 Å². The summed E-state index contributed by atoms with van der Waals surface area (Å²) in [7, 11) is 4.78. The lowest BCUT2D eigenvalue weighted by Crippen LogP contribution is -2.36. The molecule has 0 fully saturated rings. The van der Waals surface area contributed by atoms with Crippen LogP contribution < -0.4 is 16.0 Å². The van der Waals surface area contributed by atoms with Crippen molar-refractivity contribution < 1.29 is 4.74 Å². The predicted octanol–water partition coefficient (Wildman–Crippen LogP) is 3.47. The van der Waals surface area contributed by atoms with Crippen LogP contribution >= 0.6 is 15.9 Å². The van der Waals surface area contributed by atoms with E-state index in [1.54, 1.807) is 14.2 Å². The zero-order valence-corrected chi connectivity index (χ0v) is 17.2. The standard InChI is InChI=1S/C21H18BrN3O3/c1-23-17-12-25(15-5-4-6-16(11-15)28-3)19(13-7-9-14(22)10-8-13)18(17)20(26)24(2)21(23)27/h4-12H,1-3H3. The van der Waals surface area contributed by atoms with E-state index in [1.807, 2.05) is 59.3 Å². The number of rotatable bonds is 3. The quantitative estimate of drug-likeness (QED) is 0.490. The SMILES string of the molecule is COc1cccc(-n2cc3c(c2-c2ccc(Br)cc2)c(=O)n(C)c(=O)n3C)c1. The van der Waals surface area contributed by atoms with Crippen LogP contribution in [-0.4, -0.2) is 20.8 Å². The maximum Gasteiger partial charge on any atom is 0.330 e. The number of benzene rings is 2. The maximum atomic E-state index is 13.0. The van der Waals surface area contributed by atoms with Gasteiger partial charge in [-0.25, -0.2) is 4.79 Å². The molecule has 0 aliphatic rings. The number of hydrogen-bond acceptors (Lipinski definition) is 3. The Morgan fingerprint density at radius 1 is 0.964 bits per heavy atom. The summed E-state index contributed by atoms with van der Waals surface area (Å²) in [6.45, 7) is 0. The second kappa shape index (κ2) is 6.83. The van der Waals surface area contributed by atoms with E-state index in [4.69, 9.17) is 4.74 Å². The Labute approximate surface area is 169 Å². The number of nitrogens with zero attached hydrogens (tertiary/aromatic N) is 3. The van der Waals surface area contributed by atoms with E-state index in [-0.39, 0.29) is 11.2 Å². The molecule has 6 nitrogen and oxygen atoms in total. The van der Waals surface area contributed by atoms with Crippen LogP contribution in [-0.2, 0) is 14.1 Å². The molecular weight excluding hydrogens is 422 g/mol. The molecule has 0 aliphatic heterocycles. The molecule has 2 aromatic carbocycles. The number of methoxy groups -OCH3 is 1. The molecule has 0 aliphatic carbocycles. The third-order valence-electron chi connectivity index (χ3n) is 4.89. The van der Waals surface area contributed by atoms with Gasteiger partial charge in [-0.15, -0.1) is 0 Å². The van der Waals surface area contributed by atoms with Crippen molar-refractivity contribution in [1.82, 2.24) is 13.7 Å². The topological polar surface area (TPSA) is 58.2 Å². The molecule has 0 radical (unpaired) electrons. The van der Waals surface area contributed by atoms with Gasteiger partial charge < -0.3 is 9.30 Å². The molecule has 0 amide bonds. The van der Waals surface area contributed by atoms with Crippen molar-refractivity contribution in [1.29, 1.82) is 0 Å². The zero-order chi connectivity index (χ0) is 20.0. The Morgan fingerprint density at radius 3 is 2.36 bits per heavy atom. The smallest absolute Gasteiger partial charge is 0.330 e. The number of fused-ring (bicyclic) bond motifs is 1. The van der Waals surface area contributed by atoms with Crippen molar-refractivity contribution in [2.45, 2.75) is 0 Å². The van der Waals surface area contributed by atoms with E-state index >= 15 is 0 Å². The molecular formula is C21H18BrN3O3. The van der Waals surface area contributed by atoms with Gasteiger partial charge in [-0.05, 0) is 29.8 Å². The van der Waals surface area contributed by atoms with E-state index < -0.39 is 0 Å². The van der Waals surface area contributed by atoms with E-state index in [9.17, 15) is 9.59 Å². The first kappa shape index (κ1) is 18.3. The number of aryl methyl sites for hydroxylation is 1. The van der Waals surface area contributed by atoms with Crippen LogP contribution in [0.2, 0.25) is 0 Å². The average molecular weight is 440 g/mol. The fourth-order valence-corrected chi connectivity index (χ4v) is 3.66. The highest BCUT2D eigenvalue weighted by molar-refractivity contribution is 9.10. The Balaban J connectivity index is 2.18. The first-order valence-corrected chi connectivity index (χ1v) is 9.43. The number of ether oxygens (including phenoxy) is 1. The van der Waals surface area contributed by atoms with Crippen molar-refractivity contribution in [3.8, 4) is 22.7 Å². The lowest BCUT2D eigenvalue weighted by atomic mass is 10.1. The second-order valence-corrected chi connectivity index (χ2v) is 7.44. The molecule has 2 aromatic heterocycles. The summed E-state index contributed by atoms with van der Waals surface area (Å²) in [6, 6.07) is 15.3. The third kappa shape index (κ3) is 2.79. The van der Waals surface area contributed by atoms with Crippen molar-refractivity contribution in [2.24, 2.45) is 14.1 Å². The van der Waals surface area contributed by atoms with Gasteiger partial charge in [0.25, 0.3) is 5.56 Å². The fourth-order valence-electron chi connectivity index (χ4n) is 3.40. The van der Waals surface area contributed by atoms with Gasteiger partial charge >= 0.3 is 5.69 Å². The van der Waals surface area contributed by atoms with Gasteiger partial charge in [-0.2, -0.15) is 0 Å². The van der Waals surface area contributed by atoms with Gasteiger partial charge in [0.05, 0.1) is 23.7 Å². The lowest BCUT2D eigenvalue weighted by molar-refractivity contribution is 0.414. The van der Waals surface area contributed by atoms with E-state index in [1.165, 1.54) is 11.6 Å². The Morgan fingerprint density at radius 2 is 1.68 bits per heavy atom. The highest BCUT2D eigenvalue weighted by Gasteiger charge is 2.20. The number of halogens is 1. The van der Waals surface area contributed by atoms with E-state index in [2.05, 4.69) is 15.9 Å². The minimum Gasteiger partial charge on any atom is -0.497 e. The lowest BCUT2D eigenvalue weighted by Gasteiger charge is -2.11. The molecule has 0 N–H and O–H groups in total. The molecule has 0 unspecified atom stereocenters. The molecule has 0 saturated carbocycles. The van der Waals surface area contributed by atoms with Gasteiger partial charge in [0, 0.05) is 36.5 Å². The zero-order valence-electron chi connectivity index (χ0n) is 15.6. The fraction of sp³-hybridized carbons (Fsp3) is 0.143. The van der Waals surface area contributed by atoms with Crippen LogP contribution in [0.3, 0.4) is 0 Å². The van der Waals surface area contributed by atoms with Gasteiger partial charge in [0.1, 0.15) is 5.75 Å². The summed E-state index contributed by atoms with van der Waals surface area (Å²) in [5.74, 6) is 0.707. The van der Waals surface area contributed by atoms with E-state index in [0.717, 1.165) is 26.0 Å². The highest BCUT2D eigenvalue weighted by atomic mass is 79.9. The van der Waals surface area contributed by atoms with Crippen LogP contribution in [0, 0.1) is 0 Å². The largest absolute Gasteiger partial charge is 0.497 e. The maximum absolute atomic E-state index is 13.0. The summed E-state index contributed by atoms with van der Waals surface area (Å²) in [5, 5.41) is 0.495. The summed E-state index contributed by atoms with van der Waals surface area (Å²) in [5.41, 5.74) is 2.33. The van der Waals surface area contributed by atoms with Crippen molar-refractivity contribution in [3.05, 3.63) is 80.0 Å². The normalized spacial score (nSPS) is 11.1. The third-order valence-corrected chi connectivity index (χ3v) is 5.42. The Bertz CT molecular complexity index is 1310. The summed E-state index contributed by atoms with van der Waals surface area (Å²) < 4.78 is 10.9. The Kier molecular flexibility index (Phi) is 4.47. The monoisotopic (exact) mass is 439 g/mol. The Hall–Kier alpha value is -3.06. The summed E-state index contributed by atoms with van der Waals surface area (Å²) in [6.07, 6.45) is 1.82. The molecule has 0 atom stereocenters. The molecule has 4 rings (SSSR count). The molecule has 0 saturated heterocycles. The second-order valence-electron chi connectivity index (χ2n) is 6.52. The van der Waals surface area contributed by atoms with Crippen LogP contribution in [0.1, 0.15) is 0 Å². The first-order valence-electron chi connectivity index (χ1n) is 8.64. The first-order chi connectivity index (χ1) is 13.4. The molecule has 4 aromatic rings. The van der Waals surface area contributed by atoms with Crippen LogP contribution in [0.5, 0.6) is 5.75 Å². The summed E-state index contributed by atoms with van der Waals surface area (Å²) in [4.78, 5) is 25.5. The molecule has 7 heteroatoms.